The minimum Gasteiger partial charge on any atom is -0.316 e. The monoisotopic (exact) mass is 406 g/mol. The summed E-state index contributed by atoms with van der Waals surface area (Å²) in [5, 5.41) is -0.600. The summed E-state index contributed by atoms with van der Waals surface area (Å²) < 4.78 is 28.4. The largest absolute Gasteiger partial charge is 0.327 e. The summed E-state index contributed by atoms with van der Waals surface area (Å²) in [6, 6.07) is 3.09. The number of amides is 3. The van der Waals surface area contributed by atoms with E-state index in [9.17, 15) is 18.0 Å². The number of carbonyl (C=O) groups excluding carboxylic acids is 2. The van der Waals surface area contributed by atoms with Crippen molar-refractivity contribution in [3.63, 3.8) is 0 Å². The Bertz CT molecular complexity index is 884. The number of sulfonamides is 1. The Balaban J connectivity index is 1.55. The number of fused-ring (bicyclic) bond motifs is 1. The van der Waals surface area contributed by atoms with Gasteiger partial charge in [0.2, 0.25) is 15.9 Å². The smallest absolute Gasteiger partial charge is 0.316 e. The zero-order valence-electron chi connectivity index (χ0n) is 16.2. The number of urea groups is 1. The van der Waals surface area contributed by atoms with Crippen molar-refractivity contribution in [1.82, 2.24) is 19.5 Å². The van der Waals surface area contributed by atoms with E-state index in [1.807, 2.05) is 19.1 Å². The molecule has 3 fully saturated rings. The number of pyridine rings is 1. The van der Waals surface area contributed by atoms with Crippen molar-refractivity contribution >= 4 is 22.0 Å². The first-order valence-electron chi connectivity index (χ1n) is 9.70. The lowest BCUT2D eigenvalue weighted by molar-refractivity contribution is -0.139. The lowest BCUT2D eigenvalue weighted by atomic mass is 9.81. The van der Waals surface area contributed by atoms with Gasteiger partial charge in [0.25, 0.3) is 0 Å². The van der Waals surface area contributed by atoms with Crippen LogP contribution in [0.15, 0.2) is 24.5 Å². The van der Waals surface area contributed by atoms with Gasteiger partial charge in [-0.05, 0) is 50.7 Å². The van der Waals surface area contributed by atoms with Gasteiger partial charge in [0.15, 0.2) is 0 Å². The molecule has 1 saturated heterocycles. The number of hydrogen-bond donors (Lipinski definition) is 1. The molecular weight excluding hydrogens is 380 g/mol. The molecule has 1 aromatic heterocycles. The maximum absolute atomic E-state index is 12.8. The van der Waals surface area contributed by atoms with E-state index in [1.165, 1.54) is 7.05 Å². The molecule has 0 spiro atoms. The SMILES string of the molecule is CN1C(=O)C2CC(S(=O)(=O)NC3(C)CC3)CCC2N(Cc2cccnc2)C1=O. The van der Waals surface area contributed by atoms with Crippen LogP contribution in [0.3, 0.4) is 0 Å². The molecule has 8 nitrogen and oxygen atoms in total. The molecule has 1 N–H and O–H groups in total. The summed E-state index contributed by atoms with van der Waals surface area (Å²) in [6.45, 7) is 2.27. The average molecular weight is 407 g/mol. The summed E-state index contributed by atoms with van der Waals surface area (Å²) in [5.74, 6) is -0.781. The van der Waals surface area contributed by atoms with Gasteiger partial charge in [-0.1, -0.05) is 6.07 Å². The standard InChI is InChI=1S/C19H26N4O4S/c1-19(7-8-19)21-28(26,27)14-5-6-16-15(10-14)17(24)22(2)18(25)23(16)12-13-4-3-9-20-11-13/h3-4,9,11,14-16,21H,5-8,10,12H2,1-2H3. The molecule has 152 valence electrons. The molecule has 1 aliphatic heterocycles. The summed E-state index contributed by atoms with van der Waals surface area (Å²) >= 11 is 0. The molecule has 9 heteroatoms. The number of nitrogens with one attached hydrogen (secondary N) is 1. The lowest BCUT2D eigenvalue weighted by Gasteiger charge is -2.47. The third kappa shape index (κ3) is 3.53. The van der Waals surface area contributed by atoms with E-state index in [2.05, 4.69) is 9.71 Å². The molecule has 0 bridgehead atoms. The van der Waals surface area contributed by atoms with E-state index in [0.29, 0.717) is 19.4 Å². The second-order valence-electron chi connectivity index (χ2n) is 8.49. The first-order chi connectivity index (χ1) is 13.2. The van der Waals surface area contributed by atoms with Gasteiger partial charge in [0.1, 0.15) is 0 Å². The predicted octanol–water partition coefficient (Wildman–Crippen LogP) is 1.48. The molecule has 2 saturated carbocycles. The van der Waals surface area contributed by atoms with Crippen LogP contribution in [0.25, 0.3) is 0 Å². The summed E-state index contributed by atoms with van der Waals surface area (Å²) in [5.41, 5.74) is 0.557. The van der Waals surface area contributed by atoms with Gasteiger partial charge in [0.05, 0.1) is 11.2 Å². The minimum atomic E-state index is -3.49. The zero-order valence-corrected chi connectivity index (χ0v) is 17.0. The Morgan fingerprint density at radius 3 is 2.68 bits per heavy atom. The van der Waals surface area contributed by atoms with Gasteiger partial charge in [-0.15, -0.1) is 0 Å². The molecule has 1 aromatic rings. The fourth-order valence-electron chi connectivity index (χ4n) is 4.30. The maximum atomic E-state index is 12.8. The number of nitrogens with zero attached hydrogens (tertiary/aromatic N) is 3. The van der Waals surface area contributed by atoms with Crippen LogP contribution >= 0.6 is 0 Å². The van der Waals surface area contributed by atoms with Gasteiger partial charge in [-0.25, -0.2) is 17.9 Å². The van der Waals surface area contributed by atoms with E-state index in [-0.39, 0.29) is 29.9 Å². The average Bonchev–Trinajstić information content (AvgIpc) is 3.39. The van der Waals surface area contributed by atoms with E-state index >= 15 is 0 Å². The van der Waals surface area contributed by atoms with Gasteiger partial charge in [-0.3, -0.25) is 14.7 Å². The van der Waals surface area contributed by atoms with Crippen molar-refractivity contribution in [2.75, 3.05) is 7.05 Å². The molecule has 3 aliphatic rings. The highest BCUT2D eigenvalue weighted by Gasteiger charge is 2.51. The summed E-state index contributed by atoms with van der Waals surface area (Å²) in [7, 11) is -2.02. The number of rotatable bonds is 5. The topological polar surface area (TPSA) is 99.7 Å². The Hall–Kier alpha value is -2.00. The van der Waals surface area contributed by atoms with E-state index in [0.717, 1.165) is 23.3 Å². The highest BCUT2D eigenvalue weighted by molar-refractivity contribution is 7.90. The van der Waals surface area contributed by atoms with Crippen LogP contribution in [0.5, 0.6) is 0 Å². The maximum Gasteiger partial charge on any atom is 0.327 e. The number of imide groups is 1. The lowest BCUT2D eigenvalue weighted by Crippen LogP contribution is -2.62. The van der Waals surface area contributed by atoms with Gasteiger partial charge in [-0.2, -0.15) is 0 Å². The van der Waals surface area contributed by atoms with Crippen molar-refractivity contribution < 1.29 is 18.0 Å². The first-order valence-corrected chi connectivity index (χ1v) is 11.2. The van der Waals surface area contributed by atoms with E-state index in [4.69, 9.17) is 0 Å². The Morgan fingerprint density at radius 2 is 2.04 bits per heavy atom. The highest BCUT2D eigenvalue weighted by Crippen LogP contribution is 2.40. The molecule has 28 heavy (non-hydrogen) atoms. The van der Waals surface area contributed by atoms with Crippen molar-refractivity contribution in [2.45, 2.75) is 62.4 Å². The molecule has 0 aromatic carbocycles. The third-order valence-electron chi connectivity index (χ3n) is 6.25. The van der Waals surface area contributed by atoms with Crippen LogP contribution in [0.1, 0.15) is 44.6 Å². The molecule has 3 amide bonds. The van der Waals surface area contributed by atoms with E-state index < -0.39 is 21.2 Å². The van der Waals surface area contributed by atoms with Crippen molar-refractivity contribution in [3.05, 3.63) is 30.1 Å². The Kier molecular flexibility index (Phi) is 4.70. The van der Waals surface area contributed by atoms with Gasteiger partial charge >= 0.3 is 6.03 Å². The minimum absolute atomic E-state index is 0.246. The second-order valence-corrected chi connectivity index (χ2v) is 10.4. The fraction of sp³-hybridized carbons (Fsp3) is 0.632. The van der Waals surface area contributed by atoms with Crippen LogP contribution in [-0.4, -0.2) is 59.0 Å². The summed E-state index contributed by atoms with van der Waals surface area (Å²) in [4.78, 5) is 32.5. The fourth-order valence-corrected chi connectivity index (χ4v) is 6.27. The molecular formula is C19H26N4O4S. The van der Waals surface area contributed by atoms with Crippen molar-refractivity contribution in [3.8, 4) is 0 Å². The van der Waals surface area contributed by atoms with Crippen LogP contribution in [0.2, 0.25) is 0 Å². The molecule has 2 aliphatic carbocycles. The molecule has 0 radical (unpaired) electrons. The predicted molar refractivity (Wildman–Crippen MR) is 103 cm³/mol. The van der Waals surface area contributed by atoms with Crippen LogP contribution in [0.4, 0.5) is 4.79 Å². The van der Waals surface area contributed by atoms with Crippen LogP contribution in [0, 0.1) is 5.92 Å². The normalized spacial score (nSPS) is 29.6. The molecule has 4 rings (SSSR count). The summed E-state index contributed by atoms with van der Waals surface area (Å²) in [6.07, 6.45) is 6.26. The second kappa shape index (κ2) is 6.81. The van der Waals surface area contributed by atoms with Crippen molar-refractivity contribution in [1.29, 1.82) is 0 Å². The van der Waals surface area contributed by atoms with Gasteiger partial charge in [0, 0.05) is 37.6 Å². The highest BCUT2D eigenvalue weighted by atomic mass is 32.2. The number of carbonyl (C=O) groups is 2. The number of hydrogen-bond acceptors (Lipinski definition) is 5. The van der Waals surface area contributed by atoms with E-state index in [1.54, 1.807) is 17.3 Å². The van der Waals surface area contributed by atoms with Gasteiger partial charge < -0.3 is 4.90 Å². The Labute approximate surface area is 165 Å². The molecule has 3 atom stereocenters. The number of aromatic nitrogens is 1. The first kappa shape index (κ1) is 19.3. The van der Waals surface area contributed by atoms with Crippen LogP contribution in [-0.2, 0) is 21.4 Å². The van der Waals surface area contributed by atoms with Crippen LogP contribution < -0.4 is 4.72 Å². The van der Waals surface area contributed by atoms with Crippen molar-refractivity contribution in [2.24, 2.45) is 5.92 Å². The quantitative estimate of drug-likeness (QED) is 0.799. The Morgan fingerprint density at radius 1 is 1.29 bits per heavy atom. The molecule has 2 heterocycles. The molecule has 3 unspecified atom stereocenters. The third-order valence-corrected chi connectivity index (χ3v) is 8.33. The zero-order chi connectivity index (χ0) is 20.1.